The molecular weight excluding hydrogens is 378 g/mol. The molecule has 31 heavy (non-hydrogen) atoms. The van der Waals surface area contributed by atoms with Gasteiger partial charge in [0.15, 0.2) is 0 Å². The molecule has 0 bridgehead atoms. The zero-order chi connectivity index (χ0) is 21.6. The molecule has 1 aromatic heterocycles. The van der Waals surface area contributed by atoms with Crippen LogP contribution >= 0.6 is 0 Å². The molecule has 1 aliphatic heterocycles. The maximum absolute atomic E-state index is 5.08. The van der Waals surface area contributed by atoms with Crippen molar-refractivity contribution in [3.05, 3.63) is 59.7 Å². The van der Waals surface area contributed by atoms with E-state index in [9.17, 15) is 0 Å². The first-order chi connectivity index (χ1) is 15.1. The Morgan fingerprint density at radius 3 is 2.42 bits per heavy atom. The summed E-state index contributed by atoms with van der Waals surface area (Å²) in [5, 5.41) is 4.82. The number of hydrogen-bond donors (Lipinski definition) is 1. The minimum atomic E-state index is 0.715. The quantitative estimate of drug-likeness (QED) is 0.419. The molecule has 1 saturated heterocycles. The molecule has 0 unspecified atom stereocenters. The maximum atomic E-state index is 5.08. The van der Waals surface area contributed by atoms with E-state index in [1.54, 1.807) is 0 Å². The molecule has 3 heteroatoms. The minimum Gasteiger partial charge on any atom is -0.371 e. The fourth-order valence-corrected chi connectivity index (χ4v) is 4.49. The lowest BCUT2D eigenvalue weighted by Crippen LogP contribution is -2.21. The lowest BCUT2D eigenvalue weighted by atomic mass is 10.0. The second-order valence-electron chi connectivity index (χ2n) is 9.32. The van der Waals surface area contributed by atoms with Crippen LogP contribution in [-0.4, -0.2) is 31.2 Å². The standard InChI is InChI=1S/C28H37N3/c1-4-22-11-14-25-27(18-22)30-26(19-28(25)31-16-5-6-17-31)24-12-9-23(10-13-24)8-7-15-29-20-21(2)3/h9-14,18-19,21,29H,4-8,15-17,20H2,1-3H3. The van der Waals surface area contributed by atoms with Crippen LogP contribution in [0.15, 0.2) is 48.5 Å². The molecule has 0 radical (unpaired) electrons. The van der Waals surface area contributed by atoms with Crippen LogP contribution in [0.1, 0.15) is 51.2 Å². The zero-order valence-corrected chi connectivity index (χ0v) is 19.5. The first kappa shape index (κ1) is 21.8. The molecule has 3 nitrogen and oxygen atoms in total. The Morgan fingerprint density at radius 2 is 1.71 bits per heavy atom. The van der Waals surface area contributed by atoms with Crippen molar-refractivity contribution in [2.24, 2.45) is 5.92 Å². The second-order valence-corrected chi connectivity index (χ2v) is 9.32. The number of rotatable bonds is 9. The molecule has 4 rings (SSSR count). The number of aromatic nitrogens is 1. The Labute approximate surface area is 187 Å². The van der Waals surface area contributed by atoms with E-state index in [0.29, 0.717) is 5.92 Å². The predicted octanol–water partition coefficient (Wildman–Crippen LogP) is 6.24. The van der Waals surface area contributed by atoms with Gasteiger partial charge in [-0.2, -0.15) is 0 Å². The molecule has 2 heterocycles. The third-order valence-corrected chi connectivity index (χ3v) is 6.33. The highest BCUT2D eigenvalue weighted by atomic mass is 15.1. The van der Waals surface area contributed by atoms with Gasteiger partial charge in [0.05, 0.1) is 11.2 Å². The monoisotopic (exact) mass is 415 g/mol. The van der Waals surface area contributed by atoms with E-state index in [1.807, 2.05) is 0 Å². The lowest BCUT2D eigenvalue weighted by molar-refractivity contribution is 0.543. The molecule has 1 aliphatic rings. The van der Waals surface area contributed by atoms with Crippen LogP contribution in [0, 0.1) is 5.92 Å². The van der Waals surface area contributed by atoms with E-state index >= 15 is 0 Å². The highest BCUT2D eigenvalue weighted by Crippen LogP contribution is 2.33. The summed E-state index contributed by atoms with van der Waals surface area (Å²) in [6, 6.07) is 18.2. The number of nitrogens with one attached hydrogen (secondary N) is 1. The van der Waals surface area contributed by atoms with Crippen molar-refractivity contribution in [1.82, 2.24) is 10.3 Å². The topological polar surface area (TPSA) is 28.2 Å². The van der Waals surface area contributed by atoms with Crippen LogP contribution in [0.4, 0.5) is 5.69 Å². The molecule has 1 fully saturated rings. The van der Waals surface area contributed by atoms with Gasteiger partial charge in [-0.3, -0.25) is 0 Å². The predicted molar refractivity (Wildman–Crippen MR) is 134 cm³/mol. The van der Waals surface area contributed by atoms with Gasteiger partial charge in [-0.25, -0.2) is 4.98 Å². The minimum absolute atomic E-state index is 0.715. The van der Waals surface area contributed by atoms with Crippen molar-refractivity contribution in [2.75, 3.05) is 31.1 Å². The third kappa shape index (κ3) is 5.46. The average Bonchev–Trinajstić information content (AvgIpc) is 3.32. The third-order valence-electron chi connectivity index (χ3n) is 6.33. The van der Waals surface area contributed by atoms with Crippen molar-refractivity contribution in [2.45, 2.75) is 52.9 Å². The summed E-state index contributed by atoms with van der Waals surface area (Å²) < 4.78 is 0. The van der Waals surface area contributed by atoms with Crippen molar-refractivity contribution in [3.63, 3.8) is 0 Å². The molecule has 3 aromatic rings. The maximum Gasteiger partial charge on any atom is 0.0733 e. The fraction of sp³-hybridized carbons (Fsp3) is 0.464. The van der Waals surface area contributed by atoms with Gasteiger partial charge in [-0.15, -0.1) is 0 Å². The van der Waals surface area contributed by atoms with Gasteiger partial charge in [0, 0.05) is 29.7 Å². The number of pyridine rings is 1. The average molecular weight is 416 g/mol. The highest BCUT2D eigenvalue weighted by Gasteiger charge is 2.17. The second kappa shape index (κ2) is 10.3. The molecule has 0 saturated carbocycles. The number of anilines is 1. The summed E-state index contributed by atoms with van der Waals surface area (Å²) in [4.78, 5) is 7.62. The van der Waals surface area contributed by atoms with E-state index in [0.717, 1.165) is 50.2 Å². The molecule has 0 atom stereocenters. The molecule has 0 spiro atoms. The van der Waals surface area contributed by atoms with Gasteiger partial charge in [-0.05, 0) is 74.4 Å². The number of benzene rings is 2. The molecule has 1 N–H and O–H groups in total. The van der Waals surface area contributed by atoms with Gasteiger partial charge in [0.25, 0.3) is 0 Å². The molecule has 0 aliphatic carbocycles. The Morgan fingerprint density at radius 1 is 0.968 bits per heavy atom. The summed E-state index contributed by atoms with van der Waals surface area (Å²) >= 11 is 0. The molecular formula is C28H37N3. The van der Waals surface area contributed by atoms with Gasteiger partial charge in [0.2, 0.25) is 0 Å². The van der Waals surface area contributed by atoms with Crippen molar-refractivity contribution >= 4 is 16.6 Å². The van der Waals surface area contributed by atoms with Gasteiger partial charge in [0.1, 0.15) is 0 Å². The molecule has 2 aromatic carbocycles. The normalized spacial score (nSPS) is 14.1. The van der Waals surface area contributed by atoms with E-state index in [1.165, 1.54) is 47.0 Å². The van der Waals surface area contributed by atoms with Crippen LogP contribution in [-0.2, 0) is 12.8 Å². The van der Waals surface area contributed by atoms with Crippen LogP contribution in [0.3, 0.4) is 0 Å². The number of hydrogen-bond acceptors (Lipinski definition) is 3. The van der Waals surface area contributed by atoms with Crippen molar-refractivity contribution in [3.8, 4) is 11.3 Å². The summed E-state index contributed by atoms with van der Waals surface area (Å²) in [7, 11) is 0. The van der Waals surface area contributed by atoms with E-state index in [2.05, 4.69) is 79.5 Å². The number of fused-ring (bicyclic) bond motifs is 1. The van der Waals surface area contributed by atoms with Gasteiger partial charge in [-0.1, -0.05) is 57.2 Å². The van der Waals surface area contributed by atoms with E-state index in [-0.39, 0.29) is 0 Å². The van der Waals surface area contributed by atoms with Crippen LogP contribution in [0.2, 0.25) is 0 Å². The molecule has 0 amide bonds. The lowest BCUT2D eigenvalue weighted by Gasteiger charge is -2.21. The summed E-state index contributed by atoms with van der Waals surface area (Å²) in [6.45, 7) is 11.2. The van der Waals surface area contributed by atoms with Crippen molar-refractivity contribution < 1.29 is 0 Å². The SMILES string of the molecule is CCc1ccc2c(N3CCCC3)cc(-c3ccc(CCCNCC(C)C)cc3)nc2c1. The van der Waals surface area contributed by atoms with Crippen molar-refractivity contribution in [1.29, 1.82) is 0 Å². The van der Waals surface area contributed by atoms with Gasteiger partial charge >= 0.3 is 0 Å². The smallest absolute Gasteiger partial charge is 0.0733 e. The van der Waals surface area contributed by atoms with Crippen LogP contribution < -0.4 is 10.2 Å². The Balaban J connectivity index is 1.55. The summed E-state index contributed by atoms with van der Waals surface area (Å²) in [6.07, 6.45) is 5.91. The van der Waals surface area contributed by atoms with Gasteiger partial charge < -0.3 is 10.2 Å². The number of aryl methyl sites for hydroxylation is 2. The van der Waals surface area contributed by atoms with E-state index < -0.39 is 0 Å². The summed E-state index contributed by atoms with van der Waals surface area (Å²) in [5.74, 6) is 0.715. The Bertz CT molecular complexity index is 985. The Kier molecular flexibility index (Phi) is 7.24. The molecule has 164 valence electrons. The summed E-state index contributed by atoms with van der Waals surface area (Å²) in [5.41, 5.74) is 7.54. The van der Waals surface area contributed by atoms with Crippen LogP contribution in [0.5, 0.6) is 0 Å². The van der Waals surface area contributed by atoms with E-state index in [4.69, 9.17) is 4.98 Å². The largest absolute Gasteiger partial charge is 0.371 e. The Hall–Kier alpha value is -2.39. The highest BCUT2D eigenvalue weighted by molar-refractivity contribution is 5.94. The zero-order valence-electron chi connectivity index (χ0n) is 19.5. The number of nitrogens with zero attached hydrogens (tertiary/aromatic N) is 2. The first-order valence-electron chi connectivity index (χ1n) is 12.1. The fourth-order valence-electron chi connectivity index (χ4n) is 4.49. The first-order valence-corrected chi connectivity index (χ1v) is 12.1. The van der Waals surface area contributed by atoms with Crippen LogP contribution in [0.25, 0.3) is 22.2 Å².